The number of halogens is 4. The van der Waals surface area contributed by atoms with Crippen LogP contribution in [0.5, 0.6) is 5.75 Å². The van der Waals surface area contributed by atoms with Crippen molar-refractivity contribution in [1.29, 1.82) is 0 Å². The molecule has 35 heavy (non-hydrogen) atoms. The standard InChI is InChI=1S/C30H30F4O/c1-3-5-18-35-26-17-16-25(29(33)30(26)34)22-12-10-21(11-13-22)24-15-14-23(27(31)28(24)32)20-8-6-19(4-2)7-9-20/h4,10-17,19-20H,2-3,5-9,18H2,1H3. The zero-order chi connectivity index (χ0) is 24.9. The second kappa shape index (κ2) is 11.1. The minimum atomic E-state index is -1.03. The molecule has 0 N–H and O–H groups in total. The summed E-state index contributed by atoms with van der Waals surface area (Å²) in [5.41, 5.74) is 1.54. The quantitative estimate of drug-likeness (QED) is 0.177. The van der Waals surface area contributed by atoms with Crippen LogP contribution >= 0.6 is 0 Å². The Morgan fingerprint density at radius 3 is 1.91 bits per heavy atom. The van der Waals surface area contributed by atoms with Gasteiger partial charge in [-0.1, -0.05) is 55.8 Å². The topological polar surface area (TPSA) is 9.23 Å². The predicted octanol–water partition coefficient (Wildman–Crippen LogP) is 9.22. The first-order valence-corrected chi connectivity index (χ1v) is 12.3. The molecule has 0 bridgehead atoms. The molecular formula is C30H30F4O. The molecule has 0 heterocycles. The van der Waals surface area contributed by atoms with Crippen LogP contribution in [-0.4, -0.2) is 6.61 Å². The normalized spacial score (nSPS) is 17.9. The van der Waals surface area contributed by atoms with E-state index in [0.717, 1.165) is 38.5 Å². The Balaban J connectivity index is 1.55. The zero-order valence-electron chi connectivity index (χ0n) is 19.9. The maximum absolute atomic E-state index is 15.0. The average Bonchev–Trinajstić information content (AvgIpc) is 2.89. The molecule has 0 spiro atoms. The summed E-state index contributed by atoms with van der Waals surface area (Å²) in [6, 6.07) is 12.5. The number of hydrogen-bond donors (Lipinski definition) is 0. The summed E-state index contributed by atoms with van der Waals surface area (Å²) in [7, 11) is 0. The van der Waals surface area contributed by atoms with Gasteiger partial charge in [-0.05, 0) is 72.8 Å². The molecule has 4 rings (SSSR count). The van der Waals surface area contributed by atoms with Gasteiger partial charge in [-0.3, -0.25) is 0 Å². The van der Waals surface area contributed by atoms with E-state index in [1.807, 2.05) is 13.0 Å². The molecule has 1 fully saturated rings. The molecular weight excluding hydrogens is 452 g/mol. The summed E-state index contributed by atoms with van der Waals surface area (Å²) in [6.45, 7) is 6.13. The Hall–Kier alpha value is -3.08. The molecule has 3 aromatic rings. The highest BCUT2D eigenvalue weighted by Gasteiger charge is 2.25. The summed E-state index contributed by atoms with van der Waals surface area (Å²) in [4.78, 5) is 0. The lowest BCUT2D eigenvalue weighted by molar-refractivity contribution is 0.289. The highest BCUT2D eigenvalue weighted by Crippen LogP contribution is 2.39. The van der Waals surface area contributed by atoms with Crippen LogP contribution in [0.2, 0.25) is 0 Å². The molecule has 0 saturated heterocycles. The highest BCUT2D eigenvalue weighted by molar-refractivity contribution is 5.71. The van der Waals surface area contributed by atoms with Crippen LogP contribution in [0.25, 0.3) is 22.3 Å². The van der Waals surface area contributed by atoms with E-state index in [9.17, 15) is 8.78 Å². The van der Waals surface area contributed by atoms with Crippen LogP contribution in [0.4, 0.5) is 17.6 Å². The van der Waals surface area contributed by atoms with Gasteiger partial charge in [0.05, 0.1) is 6.61 Å². The van der Waals surface area contributed by atoms with Crippen LogP contribution in [-0.2, 0) is 0 Å². The molecule has 1 aliphatic rings. The van der Waals surface area contributed by atoms with Gasteiger partial charge in [0.2, 0.25) is 5.82 Å². The summed E-state index contributed by atoms with van der Waals surface area (Å²) < 4.78 is 64.5. The molecule has 1 aliphatic carbocycles. The van der Waals surface area contributed by atoms with E-state index in [2.05, 4.69) is 6.58 Å². The van der Waals surface area contributed by atoms with Gasteiger partial charge >= 0.3 is 0 Å². The first-order chi connectivity index (χ1) is 16.9. The van der Waals surface area contributed by atoms with Gasteiger partial charge in [-0.25, -0.2) is 13.2 Å². The Bertz CT molecular complexity index is 1180. The van der Waals surface area contributed by atoms with E-state index in [-0.39, 0.29) is 22.8 Å². The van der Waals surface area contributed by atoms with Gasteiger partial charge in [0, 0.05) is 11.1 Å². The van der Waals surface area contributed by atoms with E-state index in [4.69, 9.17) is 4.74 Å². The Labute approximate surface area is 204 Å². The number of ether oxygens (including phenoxy) is 1. The van der Waals surface area contributed by atoms with Crippen LogP contribution in [0.1, 0.15) is 56.9 Å². The second-order valence-electron chi connectivity index (χ2n) is 9.20. The Morgan fingerprint density at radius 2 is 1.34 bits per heavy atom. The number of benzene rings is 3. The highest BCUT2D eigenvalue weighted by atomic mass is 19.2. The largest absolute Gasteiger partial charge is 0.490 e. The van der Waals surface area contributed by atoms with Crippen molar-refractivity contribution in [1.82, 2.24) is 0 Å². The molecule has 0 amide bonds. The van der Waals surface area contributed by atoms with Gasteiger partial charge in [0.25, 0.3) is 0 Å². The van der Waals surface area contributed by atoms with Gasteiger partial charge < -0.3 is 4.74 Å². The first-order valence-electron chi connectivity index (χ1n) is 12.3. The van der Waals surface area contributed by atoms with E-state index in [1.165, 1.54) is 12.1 Å². The number of rotatable bonds is 8. The lowest BCUT2D eigenvalue weighted by Gasteiger charge is -2.27. The van der Waals surface area contributed by atoms with Crippen molar-refractivity contribution in [2.45, 2.75) is 51.4 Å². The third kappa shape index (κ3) is 5.29. The van der Waals surface area contributed by atoms with Crippen molar-refractivity contribution in [2.75, 3.05) is 6.61 Å². The average molecular weight is 483 g/mol. The maximum atomic E-state index is 15.0. The molecule has 1 saturated carbocycles. The summed E-state index contributed by atoms with van der Waals surface area (Å²) >= 11 is 0. The van der Waals surface area contributed by atoms with Crippen LogP contribution < -0.4 is 4.74 Å². The van der Waals surface area contributed by atoms with E-state index in [0.29, 0.717) is 29.2 Å². The smallest absolute Gasteiger partial charge is 0.201 e. The first kappa shape index (κ1) is 25.0. The lowest BCUT2D eigenvalue weighted by atomic mass is 9.78. The number of unbranched alkanes of at least 4 members (excludes halogenated alkanes) is 1. The van der Waals surface area contributed by atoms with Crippen LogP contribution in [0, 0.1) is 29.2 Å². The molecule has 0 atom stereocenters. The maximum Gasteiger partial charge on any atom is 0.201 e. The fourth-order valence-electron chi connectivity index (χ4n) is 4.79. The number of hydrogen-bond acceptors (Lipinski definition) is 1. The monoisotopic (exact) mass is 482 g/mol. The molecule has 1 nitrogen and oxygen atoms in total. The van der Waals surface area contributed by atoms with Crippen molar-refractivity contribution in [2.24, 2.45) is 5.92 Å². The molecule has 0 radical (unpaired) electrons. The zero-order valence-corrected chi connectivity index (χ0v) is 19.9. The van der Waals surface area contributed by atoms with Crippen LogP contribution in [0.15, 0.2) is 61.2 Å². The van der Waals surface area contributed by atoms with Gasteiger partial charge in [0.1, 0.15) is 0 Å². The predicted molar refractivity (Wildman–Crippen MR) is 132 cm³/mol. The van der Waals surface area contributed by atoms with E-state index in [1.54, 1.807) is 36.4 Å². The van der Waals surface area contributed by atoms with Crippen molar-refractivity contribution in [3.05, 3.63) is 90.0 Å². The van der Waals surface area contributed by atoms with E-state index < -0.39 is 23.3 Å². The van der Waals surface area contributed by atoms with Crippen molar-refractivity contribution in [3.8, 4) is 28.0 Å². The van der Waals surface area contributed by atoms with Crippen molar-refractivity contribution in [3.63, 3.8) is 0 Å². The third-order valence-corrected chi connectivity index (χ3v) is 6.97. The molecule has 3 aromatic carbocycles. The van der Waals surface area contributed by atoms with Gasteiger partial charge in [-0.2, -0.15) is 4.39 Å². The number of allylic oxidation sites excluding steroid dienone is 1. The van der Waals surface area contributed by atoms with Gasteiger partial charge in [-0.15, -0.1) is 6.58 Å². The lowest BCUT2D eigenvalue weighted by Crippen LogP contribution is -2.13. The molecule has 0 aromatic heterocycles. The Morgan fingerprint density at radius 1 is 0.771 bits per heavy atom. The van der Waals surface area contributed by atoms with Crippen LogP contribution in [0.3, 0.4) is 0 Å². The van der Waals surface area contributed by atoms with Crippen molar-refractivity contribution >= 4 is 0 Å². The second-order valence-corrected chi connectivity index (χ2v) is 9.20. The minimum absolute atomic E-state index is 0.00363. The van der Waals surface area contributed by atoms with Crippen molar-refractivity contribution < 1.29 is 22.3 Å². The summed E-state index contributed by atoms with van der Waals surface area (Å²) in [5.74, 6) is -3.39. The fourth-order valence-corrected chi connectivity index (χ4v) is 4.79. The molecule has 0 unspecified atom stereocenters. The molecule has 0 aliphatic heterocycles. The van der Waals surface area contributed by atoms with E-state index >= 15 is 8.78 Å². The molecule has 184 valence electrons. The Kier molecular flexibility index (Phi) is 7.94. The molecule has 5 heteroatoms. The van der Waals surface area contributed by atoms with Gasteiger partial charge in [0.15, 0.2) is 23.2 Å². The SMILES string of the molecule is C=CC1CCC(c2ccc(-c3ccc(-c4ccc(OCCCC)c(F)c4F)cc3)c(F)c2F)CC1. The minimum Gasteiger partial charge on any atom is -0.490 e. The summed E-state index contributed by atoms with van der Waals surface area (Å²) in [6.07, 6.45) is 7.06. The summed E-state index contributed by atoms with van der Waals surface area (Å²) in [5, 5.41) is 0. The fraction of sp³-hybridized carbons (Fsp3) is 0.333. The third-order valence-electron chi connectivity index (χ3n) is 6.97.